The van der Waals surface area contributed by atoms with E-state index in [4.69, 9.17) is 0 Å². The molecule has 0 unspecified atom stereocenters. The van der Waals surface area contributed by atoms with Crippen molar-refractivity contribution < 1.29 is 9.59 Å². The molecule has 5 heteroatoms. The highest BCUT2D eigenvalue weighted by Gasteiger charge is 2.34. The van der Waals surface area contributed by atoms with Gasteiger partial charge in [0, 0.05) is 38.1 Å². The van der Waals surface area contributed by atoms with Crippen LogP contribution in [-0.2, 0) is 9.59 Å². The van der Waals surface area contributed by atoms with E-state index in [2.05, 4.69) is 31.0 Å². The Bertz CT molecular complexity index is 488. The van der Waals surface area contributed by atoms with Crippen molar-refractivity contribution in [1.29, 1.82) is 0 Å². The van der Waals surface area contributed by atoms with E-state index in [9.17, 15) is 9.59 Å². The Hall–Kier alpha value is -1.10. The molecule has 142 valence electrons. The maximum atomic E-state index is 12.4. The van der Waals surface area contributed by atoms with Gasteiger partial charge in [-0.25, -0.2) is 0 Å². The van der Waals surface area contributed by atoms with E-state index in [-0.39, 0.29) is 17.2 Å². The third-order valence-electron chi connectivity index (χ3n) is 5.76. The van der Waals surface area contributed by atoms with Crippen molar-refractivity contribution in [1.82, 2.24) is 15.1 Å². The van der Waals surface area contributed by atoms with Gasteiger partial charge in [0.05, 0.1) is 5.92 Å². The number of hydrogen-bond acceptors (Lipinski definition) is 3. The lowest BCUT2D eigenvalue weighted by Gasteiger charge is -2.42. The zero-order valence-corrected chi connectivity index (χ0v) is 16.2. The number of carbonyl (C=O) groups is 2. The van der Waals surface area contributed by atoms with E-state index in [1.165, 1.54) is 0 Å². The van der Waals surface area contributed by atoms with Crippen LogP contribution in [0, 0.1) is 11.3 Å². The van der Waals surface area contributed by atoms with Crippen molar-refractivity contribution in [2.24, 2.45) is 11.3 Å². The monoisotopic (exact) mass is 349 g/mol. The lowest BCUT2D eigenvalue weighted by atomic mass is 9.90. The van der Waals surface area contributed by atoms with Crippen molar-refractivity contribution in [2.45, 2.75) is 77.8 Å². The molecule has 2 aliphatic heterocycles. The van der Waals surface area contributed by atoms with Crippen LogP contribution in [0.25, 0.3) is 0 Å². The summed E-state index contributed by atoms with van der Waals surface area (Å²) >= 11 is 0. The first-order valence-electron chi connectivity index (χ1n) is 10.1. The molecule has 3 fully saturated rings. The van der Waals surface area contributed by atoms with Gasteiger partial charge in [0.1, 0.15) is 0 Å². The molecule has 3 aliphatic rings. The number of nitrogens with zero attached hydrogens (tertiary/aromatic N) is 2. The Kier molecular flexibility index (Phi) is 5.71. The Labute approximate surface area is 152 Å². The number of piperidine rings is 2. The van der Waals surface area contributed by atoms with Gasteiger partial charge >= 0.3 is 0 Å². The zero-order chi connectivity index (χ0) is 18.0. The lowest BCUT2D eigenvalue weighted by molar-refractivity contribution is -0.134. The number of hydrogen-bond donors (Lipinski definition) is 1. The maximum Gasteiger partial charge on any atom is 0.224 e. The molecule has 2 heterocycles. The minimum atomic E-state index is 0.0585. The Balaban J connectivity index is 1.45. The number of amides is 2. The van der Waals surface area contributed by atoms with Crippen LogP contribution in [0.15, 0.2) is 0 Å². The van der Waals surface area contributed by atoms with Gasteiger partial charge in [0.25, 0.3) is 0 Å². The molecule has 0 aromatic rings. The molecule has 0 radical (unpaired) electrons. The standard InChI is InChI=1S/C20H35N3O2/c1-20(2,3)13-18(24)22-11-8-17(9-12-22)23-10-4-5-15(14-23)19(25)21-16-6-7-16/h15-17H,4-14H2,1-3H3,(H,21,25)/t15-/m0/s1. The summed E-state index contributed by atoms with van der Waals surface area (Å²) in [6.07, 6.45) is 7.18. The van der Waals surface area contributed by atoms with Crippen molar-refractivity contribution >= 4 is 11.8 Å². The second-order valence-electron chi connectivity index (χ2n) is 9.47. The van der Waals surface area contributed by atoms with Crippen molar-refractivity contribution in [3.8, 4) is 0 Å². The summed E-state index contributed by atoms with van der Waals surface area (Å²) in [6, 6.07) is 0.996. The summed E-state index contributed by atoms with van der Waals surface area (Å²) in [5.74, 6) is 0.728. The molecule has 3 rings (SSSR count). The van der Waals surface area contributed by atoms with Crippen LogP contribution in [0.2, 0.25) is 0 Å². The zero-order valence-electron chi connectivity index (χ0n) is 16.2. The van der Waals surface area contributed by atoms with Crippen LogP contribution in [0.4, 0.5) is 0 Å². The number of rotatable bonds is 4. The number of nitrogens with one attached hydrogen (secondary N) is 1. The van der Waals surface area contributed by atoms with E-state index in [0.717, 1.165) is 64.7 Å². The Morgan fingerprint density at radius 1 is 1.00 bits per heavy atom. The van der Waals surface area contributed by atoms with Crippen molar-refractivity contribution in [2.75, 3.05) is 26.2 Å². The summed E-state index contributed by atoms with van der Waals surface area (Å²) in [7, 11) is 0. The van der Waals surface area contributed by atoms with Crippen LogP contribution >= 0.6 is 0 Å². The summed E-state index contributed by atoms with van der Waals surface area (Å²) in [5.41, 5.74) is 0.0585. The van der Waals surface area contributed by atoms with Crippen LogP contribution in [0.5, 0.6) is 0 Å². The quantitative estimate of drug-likeness (QED) is 0.848. The highest BCUT2D eigenvalue weighted by molar-refractivity contribution is 5.79. The number of carbonyl (C=O) groups excluding carboxylic acids is 2. The second kappa shape index (κ2) is 7.65. The SMILES string of the molecule is CC(C)(C)CC(=O)N1CCC(N2CCC[C@H](C(=O)NC3CC3)C2)CC1. The smallest absolute Gasteiger partial charge is 0.224 e. The first-order valence-corrected chi connectivity index (χ1v) is 10.1. The van der Waals surface area contributed by atoms with E-state index >= 15 is 0 Å². The fourth-order valence-corrected chi connectivity index (χ4v) is 4.14. The van der Waals surface area contributed by atoms with E-state index in [1.807, 2.05) is 4.90 Å². The maximum absolute atomic E-state index is 12.4. The normalized spacial score (nSPS) is 26.5. The first kappa shape index (κ1) is 18.7. The van der Waals surface area contributed by atoms with E-state index in [0.29, 0.717) is 24.4 Å². The third kappa shape index (κ3) is 5.44. The molecule has 0 bridgehead atoms. The predicted octanol–water partition coefficient (Wildman–Crippen LogP) is 2.40. The molecule has 1 N–H and O–H groups in total. The topological polar surface area (TPSA) is 52.7 Å². The summed E-state index contributed by atoms with van der Waals surface area (Å²) in [6.45, 7) is 10.1. The lowest BCUT2D eigenvalue weighted by Crippen LogP contribution is -2.51. The highest BCUT2D eigenvalue weighted by Crippen LogP contribution is 2.27. The summed E-state index contributed by atoms with van der Waals surface area (Å²) in [5, 5.41) is 3.17. The fourth-order valence-electron chi connectivity index (χ4n) is 4.14. The summed E-state index contributed by atoms with van der Waals surface area (Å²) in [4.78, 5) is 29.3. The Morgan fingerprint density at radius 3 is 2.28 bits per heavy atom. The molecule has 25 heavy (non-hydrogen) atoms. The molecule has 0 aromatic heterocycles. The highest BCUT2D eigenvalue weighted by atomic mass is 16.2. The van der Waals surface area contributed by atoms with Gasteiger partial charge in [0.15, 0.2) is 0 Å². The van der Waals surface area contributed by atoms with Crippen LogP contribution in [0.3, 0.4) is 0 Å². The Morgan fingerprint density at radius 2 is 1.68 bits per heavy atom. The van der Waals surface area contributed by atoms with Gasteiger partial charge in [0.2, 0.25) is 11.8 Å². The van der Waals surface area contributed by atoms with Crippen molar-refractivity contribution in [3.63, 3.8) is 0 Å². The van der Waals surface area contributed by atoms with Gasteiger partial charge < -0.3 is 10.2 Å². The van der Waals surface area contributed by atoms with Gasteiger partial charge in [-0.3, -0.25) is 14.5 Å². The van der Waals surface area contributed by atoms with Crippen molar-refractivity contribution in [3.05, 3.63) is 0 Å². The van der Waals surface area contributed by atoms with Crippen LogP contribution < -0.4 is 5.32 Å². The average molecular weight is 350 g/mol. The predicted molar refractivity (Wildman–Crippen MR) is 99.1 cm³/mol. The van der Waals surface area contributed by atoms with Gasteiger partial charge in [-0.15, -0.1) is 0 Å². The van der Waals surface area contributed by atoms with E-state index < -0.39 is 0 Å². The average Bonchev–Trinajstić information content (AvgIpc) is 3.37. The second-order valence-corrected chi connectivity index (χ2v) is 9.47. The molecule has 1 aliphatic carbocycles. The van der Waals surface area contributed by atoms with Gasteiger partial charge in [-0.1, -0.05) is 20.8 Å². The molecule has 1 atom stereocenters. The number of likely N-dealkylation sites (tertiary alicyclic amines) is 2. The molecule has 1 saturated carbocycles. The largest absolute Gasteiger partial charge is 0.353 e. The minimum absolute atomic E-state index is 0.0585. The van der Waals surface area contributed by atoms with Gasteiger partial charge in [-0.2, -0.15) is 0 Å². The minimum Gasteiger partial charge on any atom is -0.353 e. The van der Waals surface area contributed by atoms with Crippen LogP contribution in [0.1, 0.15) is 65.7 Å². The summed E-state index contributed by atoms with van der Waals surface area (Å²) < 4.78 is 0. The first-order chi connectivity index (χ1) is 11.8. The molecule has 0 spiro atoms. The molecular formula is C20H35N3O2. The van der Waals surface area contributed by atoms with E-state index in [1.54, 1.807) is 0 Å². The molecule has 2 amide bonds. The fraction of sp³-hybridized carbons (Fsp3) is 0.900. The molecular weight excluding hydrogens is 314 g/mol. The molecule has 2 saturated heterocycles. The molecule has 5 nitrogen and oxygen atoms in total. The van der Waals surface area contributed by atoms with Crippen LogP contribution in [-0.4, -0.2) is 59.9 Å². The molecule has 0 aromatic carbocycles. The third-order valence-corrected chi connectivity index (χ3v) is 5.76. The van der Waals surface area contributed by atoms with Gasteiger partial charge in [-0.05, 0) is 50.5 Å².